The minimum atomic E-state index is -0.852. The molecule has 0 unspecified atom stereocenters. The molecule has 0 aliphatic heterocycles. The van der Waals surface area contributed by atoms with Gasteiger partial charge in [0.25, 0.3) is 0 Å². The molecule has 0 aromatic heterocycles. The van der Waals surface area contributed by atoms with Crippen LogP contribution >= 0.6 is 35.2 Å². The second kappa shape index (κ2) is 19.9. The normalized spacial score (nSPS) is 10.8. The molecule has 0 radical (unpaired) electrons. The van der Waals surface area contributed by atoms with Gasteiger partial charge < -0.3 is 4.90 Å². The van der Waals surface area contributed by atoms with E-state index in [1.165, 1.54) is 69.4 Å². The summed E-state index contributed by atoms with van der Waals surface area (Å²) in [7, 11) is 11.4. The molecule has 2 nitrogen and oxygen atoms in total. The maximum atomic E-state index is 9.43. The Morgan fingerprint density at radius 2 is 0.685 bits per heavy atom. The zero-order valence-electron chi connectivity index (χ0n) is 29.9. The van der Waals surface area contributed by atoms with Gasteiger partial charge in [-0.1, -0.05) is 194 Å². The zero-order chi connectivity index (χ0) is 37.7. The number of rotatable bonds is 8. The topological polar surface area (TPSA) is 20.3 Å². The predicted molar refractivity (Wildman–Crippen MR) is 236 cm³/mol. The van der Waals surface area contributed by atoms with Crippen LogP contribution in [0.5, 0.6) is 0 Å². The summed E-state index contributed by atoms with van der Waals surface area (Å²) in [5, 5.41) is 13.3. The number of hydrogen-bond acceptors (Lipinski definition) is 1. The Bertz CT molecular complexity index is 2160. The third kappa shape index (κ3) is 9.36. The van der Waals surface area contributed by atoms with Crippen LogP contribution < -0.4 is 31.8 Å². The van der Waals surface area contributed by atoms with Gasteiger partial charge in [-0.3, -0.25) is 4.79 Å². The fourth-order valence-corrected chi connectivity index (χ4v) is 11.5. The Kier molecular flexibility index (Phi) is 14.6. The van der Waals surface area contributed by atoms with Crippen molar-refractivity contribution >= 4 is 95.0 Å². The van der Waals surface area contributed by atoms with E-state index in [9.17, 15) is 4.79 Å². The molecule has 8 aromatic carbocycles. The van der Waals surface area contributed by atoms with Crippen LogP contribution in [0.1, 0.15) is 0 Å². The number of halogens is 2. The van der Waals surface area contributed by atoms with E-state index in [-0.39, 0.29) is 15.1 Å². The van der Waals surface area contributed by atoms with Gasteiger partial charge in [-0.25, -0.2) is 0 Å². The molecule has 8 rings (SSSR count). The summed E-state index contributed by atoms with van der Waals surface area (Å²) in [6.45, 7) is 0. The molecule has 0 atom stereocenters. The average Bonchev–Trinajstić information content (AvgIpc) is 3.23. The van der Waals surface area contributed by atoms with Gasteiger partial charge in [0.2, 0.25) is 6.41 Å². The van der Waals surface area contributed by atoms with Crippen molar-refractivity contribution in [1.82, 2.24) is 4.90 Å². The van der Waals surface area contributed by atoms with Crippen LogP contribution in [-0.4, -0.2) is 25.4 Å². The Morgan fingerprint density at radius 1 is 0.426 bits per heavy atom. The van der Waals surface area contributed by atoms with E-state index in [1.54, 1.807) is 14.1 Å². The summed E-state index contributed by atoms with van der Waals surface area (Å²) in [4.78, 5) is 10.9. The molecule has 0 N–H and O–H groups in total. The van der Waals surface area contributed by atoms with Crippen LogP contribution in [0.25, 0.3) is 32.7 Å². The monoisotopic (exact) mass is 867 g/mol. The molecular weight excluding hydrogens is 828 g/mol. The van der Waals surface area contributed by atoms with E-state index in [0.29, 0.717) is 0 Å². The molecule has 0 saturated carbocycles. The number of benzene rings is 8. The van der Waals surface area contributed by atoms with Gasteiger partial charge in [0.15, 0.2) is 0 Å². The SMILES string of the molecule is CN(C)C=O.[Cl][Ru][Cl].c1ccc(P(c2ccccc2)c2ccc3ccccc3c2-c2c(P(c3ccccc3)c3ccccc3)ccc3ccccc23)cc1. The first-order valence-electron chi connectivity index (χ1n) is 17.4. The van der Waals surface area contributed by atoms with Crippen molar-refractivity contribution in [1.29, 1.82) is 0 Å². The van der Waals surface area contributed by atoms with E-state index in [0.717, 1.165) is 6.41 Å². The molecular formula is C47H39Cl2NOP2Ru. The van der Waals surface area contributed by atoms with Crippen LogP contribution in [0.15, 0.2) is 194 Å². The van der Waals surface area contributed by atoms with E-state index in [2.05, 4.69) is 194 Å². The average molecular weight is 868 g/mol. The Labute approximate surface area is 337 Å². The second-order valence-electron chi connectivity index (χ2n) is 12.5. The quantitative estimate of drug-likeness (QED) is 0.0847. The summed E-state index contributed by atoms with van der Waals surface area (Å²) in [5.74, 6) is 0. The van der Waals surface area contributed by atoms with E-state index < -0.39 is 15.8 Å². The zero-order valence-corrected chi connectivity index (χ0v) is 35.0. The molecule has 0 spiro atoms. The molecule has 7 heteroatoms. The Hall–Kier alpha value is -4.19. The Morgan fingerprint density at radius 3 is 0.963 bits per heavy atom. The Balaban J connectivity index is 0.000000569. The molecule has 0 saturated heterocycles. The third-order valence-corrected chi connectivity index (χ3v) is 13.8. The van der Waals surface area contributed by atoms with Crippen LogP contribution in [0.3, 0.4) is 0 Å². The summed E-state index contributed by atoms with van der Waals surface area (Å²) >= 11 is -0.346. The van der Waals surface area contributed by atoms with Crippen molar-refractivity contribution < 1.29 is 19.9 Å². The smallest absolute Gasteiger partial charge is 0.000884 e. The largest absolute Gasteiger partial charge is 0.0622 e. The molecule has 0 aliphatic rings. The maximum Gasteiger partial charge on any atom is -0.000884 e. The van der Waals surface area contributed by atoms with Crippen molar-refractivity contribution in [2.75, 3.05) is 14.1 Å². The first kappa shape index (κ1) is 39.5. The number of nitrogens with zero attached hydrogens (tertiary/aromatic N) is 1. The standard InChI is InChI=1S/C44H32P2.C3H7NO.2ClH.Ru/c1-5-19-35(20-6-1)45(36-21-7-2-8-22-36)41-31-29-33-17-13-15-27-39(33)43(41)44-40-28-16-14-18-34(40)30-32-42(44)46(37-23-9-3-10-24-37)38-25-11-4-12-26-38;1-4(2)3-5;;;/h1-32H;3H,1-2H3;2*1H;/q;;;;+2/p-2. The van der Waals surface area contributed by atoms with Gasteiger partial charge >= 0.3 is 34.5 Å². The molecule has 8 aromatic rings. The number of carbonyl (C=O) groups excluding carboxylic acids is 1. The first-order valence-corrected chi connectivity index (χ1v) is 24.5. The van der Waals surface area contributed by atoms with Crippen LogP contribution in [0.2, 0.25) is 0 Å². The number of fused-ring (bicyclic) bond motifs is 2. The molecule has 0 aliphatic carbocycles. The molecule has 1 amide bonds. The van der Waals surface area contributed by atoms with Crippen LogP contribution in [-0.2, 0) is 19.9 Å². The molecule has 270 valence electrons. The minimum absolute atomic E-state index is 0.346. The summed E-state index contributed by atoms with van der Waals surface area (Å²) in [5.41, 5.74) is 2.70. The molecule has 0 fully saturated rings. The van der Waals surface area contributed by atoms with Gasteiger partial charge in [0.05, 0.1) is 0 Å². The molecule has 54 heavy (non-hydrogen) atoms. The summed E-state index contributed by atoms with van der Waals surface area (Å²) in [6.07, 6.45) is 0.750. The van der Waals surface area contributed by atoms with E-state index in [1.807, 2.05) is 0 Å². The summed E-state index contributed by atoms with van der Waals surface area (Å²) in [6, 6.07) is 71.8. The van der Waals surface area contributed by atoms with E-state index in [4.69, 9.17) is 19.4 Å². The van der Waals surface area contributed by atoms with Gasteiger partial charge in [-0.15, -0.1) is 0 Å². The van der Waals surface area contributed by atoms with E-state index >= 15 is 0 Å². The predicted octanol–water partition coefficient (Wildman–Crippen LogP) is 10.3. The van der Waals surface area contributed by atoms with Crippen molar-refractivity contribution in [3.8, 4) is 11.1 Å². The van der Waals surface area contributed by atoms with Crippen LogP contribution in [0.4, 0.5) is 0 Å². The number of carbonyl (C=O) groups is 1. The van der Waals surface area contributed by atoms with Crippen molar-refractivity contribution in [2.45, 2.75) is 0 Å². The third-order valence-electron chi connectivity index (χ3n) is 8.81. The van der Waals surface area contributed by atoms with Crippen molar-refractivity contribution in [2.24, 2.45) is 0 Å². The first-order chi connectivity index (χ1) is 26.5. The second-order valence-corrected chi connectivity index (χ2v) is 19.5. The van der Waals surface area contributed by atoms with Gasteiger partial charge in [0.1, 0.15) is 0 Å². The van der Waals surface area contributed by atoms with Gasteiger partial charge in [-0.05, 0) is 80.3 Å². The maximum absolute atomic E-state index is 9.43. The van der Waals surface area contributed by atoms with Crippen LogP contribution in [0, 0.1) is 0 Å². The number of amides is 1. The van der Waals surface area contributed by atoms with Crippen molar-refractivity contribution in [3.63, 3.8) is 0 Å². The fourth-order valence-electron chi connectivity index (χ4n) is 6.58. The molecule has 0 heterocycles. The van der Waals surface area contributed by atoms with Gasteiger partial charge in [-0.2, -0.15) is 0 Å². The minimum Gasteiger partial charge on any atom is -0.0622 e. The summed E-state index contributed by atoms with van der Waals surface area (Å²) < 4.78 is 0. The molecule has 0 bridgehead atoms. The van der Waals surface area contributed by atoms with Gasteiger partial charge in [0, 0.05) is 14.1 Å². The van der Waals surface area contributed by atoms with Crippen molar-refractivity contribution in [3.05, 3.63) is 194 Å². The fraction of sp³-hybridized carbons (Fsp3) is 0.0426. The number of hydrogen-bond donors (Lipinski definition) is 0.